The van der Waals surface area contributed by atoms with E-state index in [9.17, 15) is 8.42 Å². The zero-order chi connectivity index (χ0) is 25.5. The topological polar surface area (TPSA) is 43.4 Å². The summed E-state index contributed by atoms with van der Waals surface area (Å²) < 4.78 is 31.4. The Morgan fingerprint density at radius 3 is 1.39 bits per heavy atom. The number of fused-ring (bicyclic) bond motifs is 2. The SMILES string of the molecule is CCCCCCCCCCCCCCCCCCS(=O)(=O)Oc1c2ccccc2cc2ccccc12. The van der Waals surface area contributed by atoms with Gasteiger partial charge in [0.05, 0.1) is 5.75 Å². The molecule has 0 aliphatic heterocycles. The van der Waals surface area contributed by atoms with Gasteiger partial charge < -0.3 is 4.18 Å². The van der Waals surface area contributed by atoms with Crippen LogP contribution in [0.15, 0.2) is 54.6 Å². The van der Waals surface area contributed by atoms with Crippen LogP contribution in [0.5, 0.6) is 5.75 Å². The van der Waals surface area contributed by atoms with Crippen molar-refractivity contribution in [3.8, 4) is 5.75 Å². The Hall–Kier alpha value is -2.07. The highest BCUT2D eigenvalue weighted by Gasteiger charge is 2.17. The lowest BCUT2D eigenvalue weighted by atomic mass is 10.0. The first-order valence-corrected chi connectivity index (χ1v) is 16.0. The van der Waals surface area contributed by atoms with Crippen LogP contribution < -0.4 is 4.18 Å². The third kappa shape index (κ3) is 9.76. The minimum Gasteiger partial charge on any atom is -0.381 e. The summed E-state index contributed by atoms with van der Waals surface area (Å²) in [5.41, 5.74) is 0. The lowest BCUT2D eigenvalue weighted by molar-refractivity contribution is 0.486. The summed E-state index contributed by atoms with van der Waals surface area (Å²) in [6.45, 7) is 2.27. The molecule has 4 heteroatoms. The molecule has 0 heterocycles. The van der Waals surface area contributed by atoms with Crippen molar-refractivity contribution in [1.29, 1.82) is 0 Å². The Kier molecular flexibility index (Phi) is 12.6. The van der Waals surface area contributed by atoms with Gasteiger partial charge in [-0.1, -0.05) is 152 Å². The summed E-state index contributed by atoms with van der Waals surface area (Å²) in [5, 5.41) is 3.66. The molecule has 0 unspecified atom stereocenters. The molecule has 0 aromatic heterocycles. The van der Waals surface area contributed by atoms with E-state index in [1.165, 1.54) is 83.5 Å². The molecule has 198 valence electrons. The molecule has 0 aliphatic rings. The van der Waals surface area contributed by atoms with Gasteiger partial charge in [-0.2, -0.15) is 8.42 Å². The molecule has 36 heavy (non-hydrogen) atoms. The van der Waals surface area contributed by atoms with Crippen molar-refractivity contribution in [2.24, 2.45) is 0 Å². The van der Waals surface area contributed by atoms with E-state index >= 15 is 0 Å². The van der Waals surface area contributed by atoms with Crippen LogP contribution >= 0.6 is 0 Å². The monoisotopic (exact) mass is 510 g/mol. The average Bonchev–Trinajstić information content (AvgIpc) is 2.88. The van der Waals surface area contributed by atoms with Crippen molar-refractivity contribution in [1.82, 2.24) is 0 Å². The second-order valence-corrected chi connectivity index (χ2v) is 12.0. The van der Waals surface area contributed by atoms with E-state index in [1.807, 2.05) is 48.5 Å². The number of hydrogen-bond donors (Lipinski definition) is 0. The number of unbranched alkanes of at least 4 members (excludes halogenated alkanes) is 15. The Balaban J connectivity index is 1.29. The van der Waals surface area contributed by atoms with Gasteiger partial charge in [0.1, 0.15) is 0 Å². The summed E-state index contributed by atoms with van der Waals surface area (Å²) in [4.78, 5) is 0. The van der Waals surface area contributed by atoms with Gasteiger partial charge in [0, 0.05) is 10.8 Å². The highest BCUT2D eigenvalue weighted by atomic mass is 32.2. The van der Waals surface area contributed by atoms with Gasteiger partial charge in [0.15, 0.2) is 5.75 Å². The molecule has 0 spiro atoms. The van der Waals surface area contributed by atoms with Crippen molar-refractivity contribution in [3.63, 3.8) is 0 Å². The first-order valence-electron chi connectivity index (χ1n) is 14.4. The van der Waals surface area contributed by atoms with Crippen LogP contribution in [-0.2, 0) is 10.1 Å². The molecule has 0 radical (unpaired) electrons. The smallest absolute Gasteiger partial charge is 0.309 e. The predicted molar refractivity (Wildman–Crippen MR) is 155 cm³/mol. The second-order valence-electron chi connectivity index (χ2n) is 10.3. The van der Waals surface area contributed by atoms with Gasteiger partial charge in [-0.25, -0.2) is 0 Å². The minimum atomic E-state index is -3.64. The summed E-state index contributed by atoms with van der Waals surface area (Å²) in [6.07, 6.45) is 20.4. The van der Waals surface area contributed by atoms with Crippen molar-refractivity contribution in [3.05, 3.63) is 54.6 Å². The van der Waals surface area contributed by atoms with Crippen molar-refractivity contribution in [2.75, 3.05) is 5.75 Å². The zero-order valence-electron chi connectivity index (χ0n) is 22.3. The molecule has 0 bridgehead atoms. The molecule has 0 saturated carbocycles. The molecule has 3 aromatic rings. The van der Waals surface area contributed by atoms with Gasteiger partial charge in [0.2, 0.25) is 0 Å². The van der Waals surface area contributed by atoms with Crippen LogP contribution in [0, 0.1) is 0 Å². The maximum Gasteiger partial charge on any atom is 0.309 e. The Bertz CT molecular complexity index is 1080. The summed E-state index contributed by atoms with van der Waals surface area (Å²) in [6, 6.07) is 17.7. The fourth-order valence-corrected chi connectivity index (χ4v) is 6.13. The average molecular weight is 511 g/mol. The zero-order valence-corrected chi connectivity index (χ0v) is 23.2. The van der Waals surface area contributed by atoms with Gasteiger partial charge in [-0.3, -0.25) is 0 Å². The minimum absolute atomic E-state index is 0.0724. The van der Waals surface area contributed by atoms with Gasteiger partial charge in [0.25, 0.3) is 0 Å². The maximum atomic E-state index is 12.8. The van der Waals surface area contributed by atoms with E-state index in [1.54, 1.807) is 0 Å². The van der Waals surface area contributed by atoms with Gasteiger partial charge in [-0.15, -0.1) is 0 Å². The van der Waals surface area contributed by atoms with Crippen LogP contribution in [0.2, 0.25) is 0 Å². The van der Waals surface area contributed by atoms with Crippen LogP contribution in [-0.4, -0.2) is 14.2 Å². The van der Waals surface area contributed by atoms with Gasteiger partial charge >= 0.3 is 10.1 Å². The maximum absolute atomic E-state index is 12.8. The van der Waals surface area contributed by atoms with Crippen LogP contribution in [0.4, 0.5) is 0 Å². The molecular weight excluding hydrogens is 464 g/mol. The fraction of sp³-hybridized carbons (Fsp3) is 0.562. The van der Waals surface area contributed by atoms with E-state index < -0.39 is 10.1 Å². The third-order valence-electron chi connectivity index (χ3n) is 7.18. The highest BCUT2D eigenvalue weighted by Crippen LogP contribution is 2.35. The molecule has 0 fully saturated rings. The Morgan fingerprint density at radius 2 is 0.944 bits per heavy atom. The Morgan fingerprint density at radius 1 is 0.556 bits per heavy atom. The van der Waals surface area contributed by atoms with E-state index in [4.69, 9.17) is 4.18 Å². The van der Waals surface area contributed by atoms with E-state index in [0.29, 0.717) is 12.2 Å². The molecule has 3 aromatic carbocycles. The molecule has 0 atom stereocenters. The lowest BCUT2D eigenvalue weighted by Gasteiger charge is -2.13. The van der Waals surface area contributed by atoms with E-state index in [-0.39, 0.29) is 5.75 Å². The fourth-order valence-electron chi connectivity index (χ4n) is 5.06. The molecule has 3 nitrogen and oxygen atoms in total. The molecular formula is C32H46O3S. The van der Waals surface area contributed by atoms with Crippen LogP contribution in [0.25, 0.3) is 21.5 Å². The number of benzene rings is 3. The van der Waals surface area contributed by atoms with Crippen LogP contribution in [0.1, 0.15) is 110 Å². The largest absolute Gasteiger partial charge is 0.381 e. The van der Waals surface area contributed by atoms with E-state index in [0.717, 1.165) is 34.4 Å². The van der Waals surface area contributed by atoms with Gasteiger partial charge in [-0.05, 0) is 23.3 Å². The highest BCUT2D eigenvalue weighted by molar-refractivity contribution is 7.87. The number of hydrogen-bond acceptors (Lipinski definition) is 3. The van der Waals surface area contributed by atoms with Crippen molar-refractivity contribution in [2.45, 2.75) is 110 Å². The standard InChI is InChI=1S/C32H46O3S/c1-2-3-4-5-6-7-8-9-10-11-12-13-14-15-16-21-26-36(33,34)35-32-30-24-19-17-22-28(30)27-29-23-18-20-25-31(29)32/h17-20,22-25,27H,2-16,21,26H2,1H3. The van der Waals surface area contributed by atoms with E-state index in [2.05, 4.69) is 13.0 Å². The normalized spacial score (nSPS) is 11.9. The molecule has 3 rings (SSSR count). The number of rotatable bonds is 19. The quantitative estimate of drug-likeness (QED) is 0.0915. The summed E-state index contributed by atoms with van der Waals surface area (Å²) in [7, 11) is -3.64. The van der Waals surface area contributed by atoms with Crippen molar-refractivity contribution >= 4 is 31.7 Å². The van der Waals surface area contributed by atoms with Crippen LogP contribution in [0.3, 0.4) is 0 Å². The first kappa shape index (κ1) is 28.5. The van der Waals surface area contributed by atoms with Crippen molar-refractivity contribution < 1.29 is 12.6 Å². The summed E-state index contributed by atoms with van der Waals surface area (Å²) in [5.74, 6) is 0.531. The molecule has 0 amide bonds. The first-order chi connectivity index (χ1) is 17.6. The Labute approximate surface area is 219 Å². The second kappa shape index (κ2) is 15.9. The molecule has 0 N–H and O–H groups in total. The third-order valence-corrected chi connectivity index (χ3v) is 8.39. The molecule has 0 aliphatic carbocycles. The molecule has 0 saturated heterocycles. The summed E-state index contributed by atoms with van der Waals surface area (Å²) >= 11 is 0. The predicted octanol–water partition coefficient (Wildman–Crippen LogP) is 9.96. The lowest BCUT2D eigenvalue weighted by Crippen LogP contribution is -2.14.